The van der Waals surface area contributed by atoms with Crippen molar-refractivity contribution in [2.45, 2.75) is 45.1 Å². The monoisotopic (exact) mass is 364 g/mol. The van der Waals surface area contributed by atoms with Gasteiger partial charge in [-0.05, 0) is 31.2 Å². The standard InChI is InChI=1S/C20H26F2N2O2/c1-14(16-8-3-2-4-9-16)24-12-17(10-19(24)25)20(26)23(13-18(21)22)11-15-6-5-7-15/h2-4,8-9,14-15,17-18H,5-7,10-13H2,1H3. The first-order chi connectivity index (χ1) is 12.5. The van der Waals surface area contributed by atoms with Gasteiger partial charge in [0, 0.05) is 19.5 Å². The molecule has 6 heteroatoms. The summed E-state index contributed by atoms with van der Waals surface area (Å²) in [6.45, 7) is 2.10. The highest BCUT2D eigenvalue weighted by molar-refractivity contribution is 5.89. The Bertz CT molecular complexity index is 634. The fourth-order valence-electron chi connectivity index (χ4n) is 3.85. The molecular weight excluding hydrogens is 338 g/mol. The highest BCUT2D eigenvalue weighted by Gasteiger charge is 2.39. The van der Waals surface area contributed by atoms with Crippen LogP contribution in [0.3, 0.4) is 0 Å². The molecule has 0 N–H and O–H groups in total. The molecule has 4 nitrogen and oxygen atoms in total. The number of rotatable bonds is 7. The van der Waals surface area contributed by atoms with Crippen molar-refractivity contribution in [2.75, 3.05) is 19.6 Å². The molecule has 3 rings (SSSR count). The summed E-state index contributed by atoms with van der Waals surface area (Å²) in [5.74, 6) is -0.574. The maximum atomic E-state index is 12.9. The minimum absolute atomic E-state index is 0.0830. The smallest absolute Gasteiger partial charge is 0.255 e. The summed E-state index contributed by atoms with van der Waals surface area (Å²) in [6.07, 6.45) is 0.656. The summed E-state index contributed by atoms with van der Waals surface area (Å²) in [5, 5.41) is 0. The van der Waals surface area contributed by atoms with Crippen LogP contribution in [0.15, 0.2) is 30.3 Å². The van der Waals surface area contributed by atoms with Gasteiger partial charge in [0.2, 0.25) is 11.8 Å². The van der Waals surface area contributed by atoms with Crippen LogP contribution < -0.4 is 0 Å². The second kappa shape index (κ2) is 8.14. The first-order valence-electron chi connectivity index (χ1n) is 9.37. The Morgan fingerprint density at radius 1 is 1.27 bits per heavy atom. The van der Waals surface area contributed by atoms with Gasteiger partial charge in [-0.1, -0.05) is 36.8 Å². The third-order valence-electron chi connectivity index (χ3n) is 5.63. The number of carbonyl (C=O) groups excluding carboxylic acids is 2. The van der Waals surface area contributed by atoms with Crippen molar-refractivity contribution in [3.63, 3.8) is 0 Å². The predicted octanol–water partition coefficient (Wildman–Crippen LogP) is 3.49. The minimum Gasteiger partial charge on any atom is -0.336 e. The zero-order valence-corrected chi connectivity index (χ0v) is 15.1. The fourth-order valence-corrected chi connectivity index (χ4v) is 3.85. The molecule has 2 unspecified atom stereocenters. The third-order valence-corrected chi connectivity index (χ3v) is 5.63. The zero-order valence-electron chi connectivity index (χ0n) is 15.1. The van der Waals surface area contributed by atoms with Crippen LogP contribution in [-0.2, 0) is 9.59 Å². The van der Waals surface area contributed by atoms with Crippen LogP contribution in [0.4, 0.5) is 8.78 Å². The second-order valence-electron chi connectivity index (χ2n) is 7.47. The van der Waals surface area contributed by atoms with E-state index in [1.54, 1.807) is 4.90 Å². The number of hydrogen-bond acceptors (Lipinski definition) is 2. The molecule has 142 valence electrons. The maximum Gasteiger partial charge on any atom is 0.255 e. The molecule has 1 aliphatic heterocycles. The lowest BCUT2D eigenvalue weighted by Gasteiger charge is -2.33. The molecule has 2 fully saturated rings. The highest BCUT2D eigenvalue weighted by Crippen LogP contribution is 2.31. The Balaban J connectivity index is 1.66. The number of alkyl halides is 2. The van der Waals surface area contributed by atoms with E-state index in [9.17, 15) is 18.4 Å². The van der Waals surface area contributed by atoms with Crippen molar-refractivity contribution in [3.05, 3.63) is 35.9 Å². The zero-order chi connectivity index (χ0) is 18.7. The Hall–Kier alpha value is -1.98. The average molecular weight is 364 g/mol. The van der Waals surface area contributed by atoms with Crippen molar-refractivity contribution in [2.24, 2.45) is 11.8 Å². The Labute approximate surface area is 153 Å². The van der Waals surface area contributed by atoms with Gasteiger partial charge in [-0.15, -0.1) is 0 Å². The van der Waals surface area contributed by atoms with Crippen molar-refractivity contribution in [1.29, 1.82) is 0 Å². The lowest BCUT2D eigenvalue weighted by atomic mass is 9.85. The van der Waals surface area contributed by atoms with Crippen molar-refractivity contribution in [3.8, 4) is 0 Å². The highest BCUT2D eigenvalue weighted by atomic mass is 19.3. The minimum atomic E-state index is -2.55. The number of hydrogen-bond donors (Lipinski definition) is 0. The molecule has 1 saturated heterocycles. The number of halogens is 2. The fraction of sp³-hybridized carbons (Fsp3) is 0.600. The second-order valence-corrected chi connectivity index (χ2v) is 7.47. The third kappa shape index (κ3) is 4.22. The number of amides is 2. The summed E-state index contributed by atoms with van der Waals surface area (Å²) in [7, 11) is 0. The van der Waals surface area contributed by atoms with E-state index in [0.717, 1.165) is 24.8 Å². The van der Waals surface area contributed by atoms with Gasteiger partial charge in [-0.3, -0.25) is 9.59 Å². The average Bonchev–Trinajstić information content (AvgIpc) is 2.98. The molecule has 2 amide bonds. The first-order valence-corrected chi connectivity index (χ1v) is 9.37. The van der Waals surface area contributed by atoms with Gasteiger partial charge >= 0.3 is 0 Å². The van der Waals surface area contributed by atoms with Crippen LogP contribution >= 0.6 is 0 Å². The molecule has 1 saturated carbocycles. The summed E-state index contributed by atoms with van der Waals surface area (Å²) >= 11 is 0. The molecule has 1 aromatic carbocycles. The van der Waals surface area contributed by atoms with E-state index in [-0.39, 0.29) is 24.3 Å². The molecule has 1 aromatic rings. The first kappa shape index (κ1) is 18.8. The molecule has 0 spiro atoms. The van der Waals surface area contributed by atoms with Gasteiger partial charge < -0.3 is 9.80 Å². The molecule has 26 heavy (non-hydrogen) atoms. The van der Waals surface area contributed by atoms with E-state index in [2.05, 4.69) is 0 Å². The van der Waals surface area contributed by atoms with Gasteiger partial charge in [0.15, 0.2) is 0 Å². The van der Waals surface area contributed by atoms with Crippen LogP contribution in [0.5, 0.6) is 0 Å². The topological polar surface area (TPSA) is 40.6 Å². The largest absolute Gasteiger partial charge is 0.336 e. The van der Waals surface area contributed by atoms with Crippen LogP contribution in [0.1, 0.15) is 44.2 Å². The van der Waals surface area contributed by atoms with Gasteiger partial charge in [-0.2, -0.15) is 0 Å². The Morgan fingerprint density at radius 2 is 1.96 bits per heavy atom. The normalized spacial score (nSPS) is 21.8. The van der Waals surface area contributed by atoms with Crippen molar-refractivity contribution >= 4 is 11.8 Å². The summed E-state index contributed by atoms with van der Waals surface area (Å²) in [4.78, 5) is 28.3. The van der Waals surface area contributed by atoms with Crippen molar-refractivity contribution < 1.29 is 18.4 Å². The molecule has 0 radical (unpaired) electrons. The molecule has 1 aliphatic carbocycles. The molecule has 2 aliphatic rings. The molecule has 0 aromatic heterocycles. The van der Waals surface area contributed by atoms with Gasteiger partial charge in [0.05, 0.1) is 18.5 Å². The number of likely N-dealkylation sites (tertiary alicyclic amines) is 1. The molecule has 2 atom stereocenters. The van der Waals surface area contributed by atoms with E-state index in [4.69, 9.17) is 0 Å². The Kier molecular flexibility index (Phi) is 5.89. The number of carbonyl (C=O) groups is 2. The number of nitrogens with zero attached hydrogens (tertiary/aromatic N) is 2. The van der Waals surface area contributed by atoms with Gasteiger partial charge in [0.25, 0.3) is 6.43 Å². The van der Waals surface area contributed by atoms with Gasteiger partial charge in [-0.25, -0.2) is 8.78 Å². The van der Waals surface area contributed by atoms with Crippen LogP contribution in [0.2, 0.25) is 0 Å². The van der Waals surface area contributed by atoms with Crippen LogP contribution in [-0.4, -0.2) is 47.7 Å². The van der Waals surface area contributed by atoms with Crippen molar-refractivity contribution in [1.82, 2.24) is 9.80 Å². The quantitative estimate of drug-likeness (QED) is 0.743. The van der Waals surface area contributed by atoms with E-state index in [1.807, 2.05) is 37.3 Å². The Morgan fingerprint density at radius 3 is 2.54 bits per heavy atom. The number of benzene rings is 1. The maximum absolute atomic E-state index is 12.9. The van der Waals surface area contributed by atoms with Crippen LogP contribution in [0, 0.1) is 11.8 Å². The molecular formula is C20H26F2N2O2. The van der Waals surface area contributed by atoms with Crippen LogP contribution in [0.25, 0.3) is 0 Å². The van der Waals surface area contributed by atoms with Gasteiger partial charge in [0.1, 0.15) is 0 Å². The lowest BCUT2D eigenvalue weighted by molar-refractivity contribution is -0.138. The summed E-state index contributed by atoms with van der Waals surface area (Å²) in [5.41, 5.74) is 1.01. The lowest BCUT2D eigenvalue weighted by Crippen LogP contribution is -2.44. The van der Waals surface area contributed by atoms with E-state index in [1.165, 1.54) is 4.90 Å². The van der Waals surface area contributed by atoms with E-state index >= 15 is 0 Å². The van der Waals surface area contributed by atoms with E-state index < -0.39 is 18.9 Å². The molecule has 1 heterocycles. The SMILES string of the molecule is CC(c1ccccc1)N1CC(C(=O)N(CC(F)F)CC2CCC2)CC1=O. The predicted molar refractivity (Wildman–Crippen MR) is 94.6 cm³/mol. The molecule has 0 bridgehead atoms. The summed E-state index contributed by atoms with van der Waals surface area (Å²) in [6, 6.07) is 9.52. The summed E-state index contributed by atoms with van der Waals surface area (Å²) < 4.78 is 25.9. The van der Waals surface area contributed by atoms with E-state index in [0.29, 0.717) is 19.0 Å².